The van der Waals surface area contributed by atoms with E-state index in [1.165, 1.54) is 0 Å². The lowest BCUT2D eigenvalue weighted by atomic mass is 10.1. The number of carbonyl (C=O) groups is 2. The van der Waals surface area contributed by atoms with Crippen LogP contribution >= 0.6 is 11.8 Å². The van der Waals surface area contributed by atoms with Crippen molar-refractivity contribution in [2.45, 2.75) is 44.4 Å². The molecule has 4 nitrogen and oxygen atoms in total. The van der Waals surface area contributed by atoms with Gasteiger partial charge in [-0.2, -0.15) is 11.8 Å². The number of thioether (sulfide) groups is 1. The number of carbonyl (C=O) groups excluding carboxylic acids is 1. The first-order valence-corrected chi connectivity index (χ1v) is 7.29. The van der Waals surface area contributed by atoms with Crippen molar-refractivity contribution < 1.29 is 14.7 Å². The Kier molecular flexibility index (Phi) is 5.31. The molecule has 1 amide bonds. The Morgan fingerprint density at radius 1 is 1.41 bits per heavy atom. The normalized spacial score (nSPS) is 18.5. The van der Waals surface area contributed by atoms with E-state index >= 15 is 0 Å². The topological polar surface area (TPSA) is 57.6 Å². The summed E-state index contributed by atoms with van der Waals surface area (Å²) in [7, 11) is 0. The predicted molar refractivity (Wildman–Crippen MR) is 69.1 cm³/mol. The average Bonchev–Trinajstić information content (AvgIpc) is 3.08. The van der Waals surface area contributed by atoms with Crippen LogP contribution < -0.4 is 0 Å². The SMILES string of the molecule is CSC(C)CC(=O)N(CC(C)C(=O)O)C1CC1. The Balaban J connectivity index is 2.53. The molecule has 1 aliphatic carbocycles. The second-order valence-electron chi connectivity index (χ2n) is 4.77. The van der Waals surface area contributed by atoms with Gasteiger partial charge in [0.2, 0.25) is 5.91 Å². The standard InChI is InChI=1S/C12H21NO3S/c1-8(12(15)16)7-13(10-4-5-10)11(14)6-9(2)17-3/h8-10H,4-7H2,1-3H3,(H,15,16). The maximum absolute atomic E-state index is 12.1. The molecule has 0 aliphatic heterocycles. The van der Waals surface area contributed by atoms with E-state index in [1.54, 1.807) is 23.6 Å². The van der Waals surface area contributed by atoms with E-state index < -0.39 is 11.9 Å². The summed E-state index contributed by atoms with van der Waals surface area (Å²) in [5.74, 6) is -1.21. The molecule has 17 heavy (non-hydrogen) atoms. The van der Waals surface area contributed by atoms with Crippen molar-refractivity contribution in [2.75, 3.05) is 12.8 Å². The molecular formula is C12H21NO3S. The lowest BCUT2D eigenvalue weighted by Crippen LogP contribution is -2.39. The number of amides is 1. The maximum Gasteiger partial charge on any atom is 0.308 e. The van der Waals surface area contributed by atoms with Gasteiger partial charge in [-0.25, -0.2) is 0 Å². The number of hydrogen-bond donors (Lipinski definition) is 1. The molecule has 0 aromatic rings. The number of aliphatic carboxylic acids is 1. The minimum absolute atomic E-state index is 0.0995. The lowest BCUT2D eigenvalue weighted by molar-refractivity contribution is -0.143. The van der Waals surface area contributed by atoms with Crippen LogP contribution in [-0.4, -0.2) is 46.0 Å². The third-order valence-electron chi connectivity index (χ3n) is 3.06. The zero-order valence-corrected chi connectivity index (χ0v) is 11.5. The molecule has 1 fully saturated rings. The zero-order valence-electron chi connectivity index (χ0n) is 10.7. The van der Waals surface area contributed by atoms with Crippen molar-refractivity contribution in [2.24, 2.45) is 5.92 Å². The summed E-state index contributed by atoms with van der Waals surface area (Å²) in [6.45, 7) is 4.02. The van der Waals surface area contributed by atoms with Gasteiger partial charge in [-0.1, -0.05) is 13.8 Å². The van der Waals surface area contributed by atoms with E-state index in [2.05, 4.69) is 0 Å². The summed E-state index contributed by atoms with van der Waals surface area (Å²) in [6, 6.07) is 0.290. The van der Waals surface area contributed by atoms with Crippen LogP contribution in [-0.2, 0) is 9.59 Å². The largest absolute Gasteiger partial charge is 0.481 e. The summed E-state index contributed by atoms with van der Waals surface area (Å²) < 4.78 is 0. The van der Waals surface area contributed by atoms with Crippen LogP contribution in [0.5, 0.6) is 0 Å². The molecule has 1 N–H and O–H groups in total. The van der Waals surface area contributed by atoms with E-state index in [4.69, 9.17) is 5.11 Å². The van der Waals surface area contributed by atoms with Gasteiger partial charge in [-0.15, -0.1) is 0 Å². The third kappa shape index (κ3) is 4.58. The minimum atomic E-state index is -0.832. The third-order valence-corrected chi connectivity index (χ3v) is 4.04. The van der Waals surface area contributed by atoms with E-state index in [0.29, 0.717) is 24.3 Å². The van der Waals surface area contributed by atoms with Gasteiger partial charge in [0.15, 0.2) is 0 Å². The minimum Gasteiger partial charge on any atom is -0.481 e. The van der Waals surface area contributed by atoms with Gasteiger partial charge in [-0.3, -0.25) is 9.59 Å². The monoisotopic (exact) mass is 259 g/mol. The molecule has 98 valence electrons. The van der Waals surface area contributed by atoms with Gasteiger partial charge < -0.3 is 10.0 Å². The molecule has 1 aliphatic rings. The van der Waals surface area contributed by atoms with Gasteiger partial charge in [0.05, 0.1) is 5.92 Å². The number of hydrogen-bond acceptors (Lipinski definition) is 3. The quantitative estimate of drug-likeness (QED) is 0.758. The maximum atomic E-state index is 12.1. The van der Waals surface area contributed by atoms with E-state index in [1.807, 2.05) is 13.2 Å². The molecule has 2 atom stereocenters. The van der Waals surface area contributed by atoms with Crippen LogP contribution in [0, 0.1) is 5.92 Å². The molecule has 2 unspecified atom stereocenters. The van der Waals surface area contributed by atoms with Crippen molar-refractivity contribution in [1.29, 1.82) is 0 Å². The predicted octanol–water partition coefficient (Wildman–Crippen LogP) is 1.84. The van der Waals surface area contributed by atoms with Gasteiger partial charge in [-0.05, 0) is 19.1 Å². The Bertz CT molecular complexity index is 291. The molecule has 5 heteroatoms. The fraction of sp³-hybridized carbons (Fsp3) is 0.833. The molecular weight excluding hydrogens is 238 g/mol. The van der Waals surface area contributed by atoms with Crippen LogP contribution in [0.2, 0.25) is 0 Å². The van der Waals surface area contributed by atoms with E-state index in [-0.39, 0.29) is 5.91 Å². The van der Waals surface area contributed by atoms with Crippen molar-refractivity contribution >= 4 is 23.6 Å². The first kappa shape index (κ1) is 14.4. The fourth-order valence-electron chi connectivity index (χ4n) is 1.66. The number of rotatable bonds is 7. The Morgan fingerprint density at radius 2 is 2.00 bits per heavy atom. The van der Waals surface area contributed by atoms with Crippen LogP contribution in [0.3, 0.4) is 0 Å². The fourth-order valence-corrected chi connectivity index (χ4v) is 1.97. The second kappa shape index (κ2) is 6.28. The van der Waals surface area contributed by atoms with Crippen molar-refractivity contribution in [1.82, 2.24) is 4.90 Å². The van der Waals surface area contributed by atoms with E-state index in [9.17, 15) is 9.59 Å². The first-order chi connectivity index (χ1) is 7.95. The molecule has 0 aromatic heterocycles. The van der Waals surface area contributed by atoms with Gasteiger partial charge in [0, 0.05) is 24.3 Å². The summed E-state index contributed by atoms with van der Waals surface area (Å²) >= 11 is 1.66. The smallest absolute Gasteiger partial charge is 0.308 e. The summed E-state index contributed by atoms with van der Waals surface area (Å²) in [4.78, 5) is 24.7. The molecule has 0 radical (unpaired) electrons. The highest BCUT2D eigenvalue weighted by atomic mass is 32.2. The highest BCUT2D eigenvalue weighted by molar-refractivity contribution is 7.99. The number of carboxylic acid groups (broad SMARTS) is 1. The number of nitrogens with zero attached hydrogens (tertiary/aromatic N) is 1. The molecule has 1 rings (SSSR count). The molecule has 0 aromatic carbocycles. The van der Waals surface area contributed by atoms with Crippen molar-refractivity contribution in [3.05, 3.63) is 0 Å². The Morgan fingerprint density at radius 3 is 2.41 bits per heavy atom. The van der Waals surface area contributed by atoms with Gasteiger partial charge in [0.1, 0.15) is 0 Å². The second-order valence-corrected chi connectivity index (χ2v) is 6.04. The Hall–Kier alpha value is -0.710. The highest BCUT2D eigenvalue weighted by Gasteiger charge is 2.34. The van der Waals surface area contributed by atoms with Crippen molar-refractivity contribution in [3.63, 3.8) is 0 Å². The highest BCUT2D eigenvalue weighted by Crippen LogP contribution is 2.29. The van der Waals surface area contributed by atoms with Crippen LogP contribution in [0.15, 0.2) is 0 Å². The first-order valence-electron chi connectivity index (χ1n) is 6.00. The zero-order chi connectivity index (χ0) is 13.0. The van der Waals surface area contributed by atoms with Gasteiger partial charge >= 0.3 is 5.97 Å². The average molecular weight is 259 g/mol. The van der Waals surface area contributed by atoms with Gasteiger partial charge in [0.25, 0.3) is 0 Å². The molecule has 0 saturated heterocycles. The van der Waals surface area contributed by atoms with Crippen molar-refractivity contribution in [3.8, 4) is 0 Å². The van der Waals surface area contributed by atoms with Crippen LogP contribution in [0.25, 0.3) is 0 Å². The van der Waals surface area contributed by atoms with Crippen LogP contribution in [0.1, 0.15) is 33.1 Å². The molecule has 0 spiro atoms. The van der Waals surface area contributed by atoms with Crippen LogP contribution in [0.4, 0.5) is 0 Å². The molecule has 0 bridgehead atoms. The summed E-state index contributed by atoms with van der Waals surface area (Å²) in [5, 5.41) is 9.20. The summed E-state index contributed by atoms with van der Waals surface area (Å²) in [6.07, 6.45) is 4.53. The summed E-state index contributed by atoms with van der Waals surface area (Å²) in [5.41, 5.74) is 0. The van der Waals surface area contributed by atoms with E-state index in [0.717, 1.165) is 12.8 Å². The number of carboxylic acids is 1. The lowest BCUT2D eigenvalue weighted by Gasteiger charge is -2.25. The Labute approximate surface area is 107 Å². The molecule has 1 saturated carbocycles. The molecule has 0 heterocycles.